The summed E-state index contributed by atoms with van der Waals surface area (Å²) in [6, 6.07) is 16.2. The lowest BCUT2D eigenvalue weighted by Gasteiger charge is -2.12. The van der Waals surface area contributed by atoms with E-state index in [1.807, 2.05) is 31.2 Å². The highest BCUT2D eigenvalue weighted by Crippen LogP contribution is 2.26. The Labute approximate surface area is 170 Å². The van der Waals surface area contributed by atoms with Gasteiger partial charge in [0, 0.05) is 18.0 Å². The Bertz CT molecular complexity index is 1110. The van der Waals surface area contributed by atoms with Crippen molar-refractivity contribution in [1.29, 1.82) is 0 Å². The number of nitrogens with zero attached hydrogens (tertiary/aromatic N) is 1. The molecule has 1 amide bonds. The molecule has 2 aromatic carbocycles. The number of anilines is 1. The van der Waals surface area contributed by atoms with Crippen LogP contribution in [0.1, 0.15) is 16.7 Å². The third-order valence-corrected chi connectivity index (χ3v) is 4.41. The average molecular weight is 416 g/mol. The maximum atomic E-state index is 12.8. The lowest BCUT2D eigenvalue weighted by molar-refractivity contribution is -0.139. The summed E-state index contributed by atoms with van der Waals surface area (Å²) in [5.74, 6) is -0.111. The Hall–Kier alpha value is -3.55. The largest absolute Gasteiger partial charge is 0.489 e. The molecule has 0 aliphatic carbocycles. The molecule has 0 spiro atoms. The highest BCUT2D eigenvalue weighted by Gasteiger charge is 2.34. The summed E-state index contributed by atoms with van der Waals surface area (Å²) >= 11 is 0. The molecule has 5 nitrogen and oxygen atoms in total. The molecule has 0 fully saturated rings. The minimum absolute atomic E-state index is 0.351. The van der Waals surface area contributed by atoms with Crippen LogP contribution in [0.4, 0.5) is 18.9 Å². The Morgan fingerprint density at radius 2 is 1.83 bits per heavy atom. The van der Waals surface area contributed by atoms with Gasteiger partial charge >= 0.3 is 6.18 Å². The third-order valence-electron chi connectivity index (χ3n) is 4.41. The molecule has 1 aromatic heterocycles. The molecule has 1 N–H and O–H groups in total. The number of halogens is 3. The Morgan fingerprint density at radius 3 is 2.57 bits per heavy atom. The van der Waals surface area contributed by atoms with Crippen LogP contribution in [0.15, 0.2) is 71.7 Å². The second-order valence-corrected chi connectivity index (χ2v) is 6.64. The van der Waals surface area contributed by atoms with E-state index in [4.69, 9.17) is 4.74 Å². The summed E-state index contributed by atoms with van der Waals surface area (Å²) in [6.07, 6.45) is -3.64. The summed E-state index contributed by atoms with van der Waals surface area (Å²) in [7, 11) is 0. The molecule has 30 heavy (non-hydrogen) atoms. The first-order valence-corrected chi connectivity index (χ1v) is 9.08. The van der Waals surface area contributed by atoms with Crippen molar-refractivity contribution in [2.24, 2.45) is 0 Å². The average Bonchev–Trinajstić information content (AvgIpc) is 2.68. The maximum Gasteiger partial charge on any atom is 0.421 e. The van der Waals surface area contributed by atoms with E-state index in [1.165, 1.54) is 0 Å². The quantitative estimate of drug-likeness (QED) is 0.648. The highest BCUT2D eigenvalue weighted by atomic mass is 19.4. The van der Waals surface area contributed by atoms with E-state index in [9.17, 15) is 22.8 Å². The minimum Gasteiger partial charge on any atom is -0.489 e. The van der Waals surface area contributed by atoms with Crippen molar-refractivity contribution in [2.75, 3.05) is 5.32 Å². The summed E-state index contributed by atoms with van der Waals surface area (Å²) in [5, 5.41) is 2.57. The van der Waals surface area contributed by atoms with Gasteiger partial charge in [0.25, 0.3) is 5.56 Å². The third kappa shape index (κ3) is 5.28. The van der Waals surface area contributed by atoms with Crippen molar-refractivity contribution in [3.05, 3.63) is 93.9 Å². The number of benzene rings is 2. The van der Waals surface area contributed by atoms with Crippen molar-refractivity contribution in [3.63, 3.8) is 0 Å². The molecule has 1 heterocycles. The van der Waals surface area contributed by atoms with Crippen LogP contribution in [-0.2, 0) is 24.1 Å². The number of ether oxygens (including phenoxy) is 1. The van der Waals surface area contributed by atoms with Gasteiger partial charge in [-0.1, -0.05) is 30.3 Å². The van der Waals surface area contributed by atoms with Gasteiger partial charge in [0.2, 0.25) is 5.91 Å². The molecule has 0 saturated heterocycles. The first-order valence-electron chi connectivity index (χ1n) is 9.08. The first kappa shape index (κ1) is 21.2. The number of carbonyl (C=O) groups is 1. The normalized spacial score (nSPS) is 11.2. The number of aromatic nitrogens is 1. The van der Waals surface area contributed by atoms with Gasteiger partial charge in [-0.05, 0) is 42.3 Å². The van der Waals surface area contributed by atoms with E-state index in [-0.39, 0.29) is 0 Å². The van der Waals surface area contributed by atoms with Crippen LogP contribution in [0.2, 0.25) is 0 Å². The van der Waals surface area contributed by atoms with E-state index >= 15 is 0 Å². The molecular weight excluding hydrogens is 397 g/mol. The number of hydrogen-bond donors (Lipinski definition) is 1. The van der Waals surface area contributed by atoms with E-state index in [0.717, 1.165) is 28.0 Å². The fraction of sp³-hybridized carbons (Fsp3) is 0.182. The number of amides is 1. The van der Waals surface area contributed by atoms with Crippen LogP contribution in [0.25, 0.3) is 0 Å². The van der Waals surface area contributed by atoms with E-state index in [1.54, 1.807) is 24.3 Å². The molecule has 0 saturated carbocycles. The number of aryl methyl sites for hydroxylation is 1. The molecular formula is C22H19F3N2O3. The lowest BCUT2D eigenvalue weighted by atomic mass is 10.1. The number of rotatable bonds is 6. The van der Waals surface area contributed by atoms with Gasteiger partial charge in [-0.2, -0.15) is 13.2 Å². The van der Waals surface area contributed by atoms with Gasteiger partial charge < -0.3 is 14.6 Å². The number of carbonyl (C=O) groups excluding carboxylic acids is 1. The summed E-state index contributed by atoms with van der Waals surface area (Å²) in [6.45, 7) is 1.78. The molecule has 0 bridgehead atoms. The van der Waals surface area contributed by atoms with Crippen molar-refractivity contribution < 1.29 is 22.7 Å². The van der Waals surface area contributed by atoms with E-state index < -0.39 is 29.8 Å². The maximum absolute atomic E-state index is 12.8. The second-order valence-electron chi connectivity index (χ2n) is 6.64. The second kappa shape index (κ2) is 8.86. The van der Waals surface area contributed by atoms with Crippen LogP contribution in [0.3, 0.4) is 0 Å². The molecule has 0 radical (unpaired) electrons. The number of nitrogens with one attached hydrogen (secondary N) is 1. The van der Waals surface area contributed by atoms with Crippen LogP contribution in [-0.4, -0.2) is 10.5 Å². The van der Waals surface area contributed by atoms with Crippen LogP contribution in [0.5, 0.6) is 5.75 Å². The van der Waals surface area contributed by atoms with Gasteiger partial charge in [-0.15, -0.1) is 0 Å². The van der Waals surface area contributed by atoms with Gasteiger partial charge in [-0.25, -0.2) is 0 Å². The van der Waals surface area contributed by atoms with Crippen LogP contribution < -0.4 is 15.6 Å². The van der Waals surface area contributed by atoms with E-state index in [2.05, 4.69) is 5.32 Å². The van der Waals surface area contributed by atoms with Crippen molar-refractivity contribution in [3.8, 4) is 5.75 Å². The molecule has 3 aromatic rings. The smallest absolute Gasteiger partial charge is 0.421 e. The molecule has 3 rings (SSSR count). The van der Waals surface area contributed by atoms with Crippen molar-refractivity contribution in [2.45, 2.75) is 26.3 Å². The predicted molar refractivity (Wildman–Crippen MR) is 106 cm³/mol. The molecule has 0 atom stereocenters. The van der Waals surface area contributed by atoms with Gasteiger partial charge in [0.05, 0.1) is 0 Å². The number of pyridine rings is 1. The predicted octanol–water partition coefficient (Wildman–Crippen LogP) is 4.39. The lowest BCUT2D eigenvalue weighted by Crippen LogP contribution is -2.31. The Morgan fingerprint density at radius 1 is 1.07 bits per heavy atom. The van der Waals surface area contributed by atoms with Gasteiger partial charge in [0.15, 0.2) is 0 Å². The summed E-state index contributed by atoms with van der Waals surface area (Å²) in [4.78, 5) is 24.2. The fourth-order valence-corrected chi connectivity index (χ4v) is 2.83. The standard InChI is InChI=1S/C22H19F3N2O3/c1-15-6-2-3-7-16(15)14-30-18-9-4-8-17(12-18)26-20(28)13-27-11-5-10-19(21(27)29)22(23,24)25/h2-12H,13-14H2,1H3,(H,26,28). The Balaban J connectivity index is 1.66. The van der Waals surface area contributed by atoms with Crippen LogP contribution >= 0.6 is 0 Å². The highest BCUT2D eigenvalue weighted by molar-refractivity contribution is 5.90. The SMILES string of the molecule is Cc1ccccc1COc1cccc(NC(=O)Cn2cccc(C(F)(F)F)c2=O)c1. The Kier molecular flexibility index (Phi) is 6.25. The first-order chi connectivity index (χ1) is 14.2. The summed E-state index contributed by atoms with van der Waals surface area (Å²) < 4.78 is 45.0. The monoisotopic (exact) mass is 416 g/mol. The minimum atomic E-state index is -4.78. The fourth-order valence-electron chi connectivity index (χ4n) is 2.83. The van der Waals surface area contributed by atoms with Crippen molar-refractivity contribution >= 4 is 11.6 Å². The van der Waals surface area contributed by atoms with Crippen molar-refractivity contribution in [1.82, 2.24) is 4.57 Å². The summed E-state index contributed by atoms with van der Waals surface area (Å²) in [5.41, 5.74) is -0.0634. The molecule has 156 valence electrons. The zero-order chi connectivity index (χ0) is 21.7. The molecule has 0 aliphatic heterocycles. The number of alkyl halides is 3. The van der Waals surface area contributed by atoms with Crippen LogP contribution in [0, 0.1) is 6.92 Å². The van der Waals surface area contributed by atoms with E-state index in [0.29, 0.717) is 24.1 Å². The topological polar surface area (TPSA) is 60.3 Å². The molecule has 0 aliphatic rings. The van der Waals surface area contributed by atoms with Gasteiger partial charge in [0.1, 0.15) is 24.5 Å². The zero-order valence-electron chi connectivity index (χ0n) is 16.1. The molecule has 0 unspecified atom stereocenters. The molecule has 8 heteroatoms. The number of hydrogen-bond acceptors (Lipinski definition) is 3. The van der Waals surface area contributed by atoms with Gasteiger partial charge in [-0.3, -0.25) is 9.59 Å². The zero-order valence-corrected chi connectivity index (χ0v) is 16.1.